The average Bonchev–Trinajstić information content (AvgIpc) is 2.89. The zero-order valence-corrected chi connectivity index (χ0v) is 14.8. The standard InChI is InChI=1S/C16H14Cl2N2O3S/c17-14-6-5-11(9-15(14)18)16(21)19-12-3-1-4-13(10-12)20-7-2-8-24(20,22)23/h1,3-6,9-10H,2,7-8H2,(H,19,21). The van der Waals surface area contributed by atoms with E-state index >= 15 is 0 Å². The van der Waals surface area contributed by atoms with Crippen LogP contribution < -0.4 is 9.62 Å². The number of sulfonamides is 1. The number of nitrogens with zero attached hydrogens (tertiary/aromatic N) is 1. The van der Waals surface area contributed by atoms with Crippen molar-refractivity contribution in [2.75, 3.05) is 21.9 Å². The molecule has 1 amide bonds. The minimum Gasteiger partial charge on any atom is -0.322 e. The number of rotatable bonds is 3. The van der Waals surface area contributed by atoms with Gasteiger partial charge in [-0.05, 0) is 42.8 Å². The Morgan fingerprint density at radius 1 is 1.08 bits per heavy atom. The Labute approximate surface area is 150 Å². The van der Waals surface area contributed by atoms with Gasteiger partial charge in [0, 0.05) is 17.8 Å². The molecule has 0 radical (unpaired) electrons. The van der Waals surface area contributed by atoms with Gasteiger partial charge in [-0.1, -0.05) is 29.3 Å². The van der Waals surface area contributed by atoms with Gasteiger partial charge in [-0.3, -0.25) is 9.10 Å². The van der Waals surface area contributed by atoms with Crippen molar-refractivity contribution in [3.63, 3.8) is 0 Å². The van der Waals surface area contributed by atoms with Crippen LogP contribution in [-0.4, -0.2) is 26.6 Å². The van der Waals surface area contributed by atoms with Gasteiger partial charge in [0.15, 0.2) is 0 Å². The number of benzene rings is 2. The molecule has 0 unspecified atom stereocenters. The maximum atomic E-state index is 12.3. The molecule has 8 heteroatoms. The van der Waals surface area contributed by atoms with E-state index in [0.717, 1.165) is 0 Å². The Kier molecular flexibility index (Phi) is 4.71. The van der Waals surface area contributed by atoms with E-state index in [2.05, 4.69) is 5.32 Å². The minimum atomic E-state index is -3.26. The Morgan fingerprint density at radius 3 is 2.54 bits per heavy atom. The van der Waals surface area contributed by atoms with Gasteiger partial charge in [0.1, 0.15) is 0 Å². The number of hydrogen-bond donors (Lipinski definition) is 1. The number of carbonyl (C=O) groups is 1. The van der Waals surface area contributed by atoms with E-state index in [0.29, 0.717) is 39.9 Å². The third-order valence-corrected chi connectivity index (χ3v) is 6.28. The monoisotopic (exact) mass is 384 g/mol. The zero-order valence-electron chi connectivity index (χ0n) is 12.5. The van der Waals surface area contributed by atoms with Gasteiger partial charge in [0.05, 0.1) is 21.5 Å². The number of amides is 1. The molecule has 126 valence electrons. The van der Waals surface area contributed by atoms with E-state index in [4.69, 9.17) is 23.2 Å². The van der Waals surface area contributed by atoms with Crippen molar-refractivity contribution in [1.82, 2.24) is 0 Å². The normalized spacial score (nSPS) is 16.2. The second-order valence-electron chi connectivity index (χ2n) is 5.38. The fourth-order valence-corrected chi connectivity index (χ4v) is 4.36. The summed E-state index contributed by atoms with van der Waals surface area (Å²) in [4.78, 5) is 12.3. The number of hydrogen-bond acceptors (Lipinski definition) is 3. The predicted octanol–water partition coefficient (Wildman–Crippen LogP) is 3.79. The van der Waals surface area contributed by atoms with Crippen LogP contribution in [0.2, 0.25) is 10.0 Å². The summed E-state index contributed by atoms with van der Waals surface area (Å²) in [7, 11) is -3.26. The molecule has 0 aliphatic carbocycles. The molecule has 1 N–H and O–H groups in total. The number of carbonyl (C=O) groups excluding carboxylic acids is 1. The summed E-state index contributed by atoms with van der Waals surface area (Å²) in [6.07, 6.45) is 0.599. The molecule has 1 aliphatic rings. The highest BCUT2D eigenvalue weighted by Crippen LogP contribution is 2.27. The highest BCUT2D eigenvalue weighted by Gasteiger charge is 2.28. The van der Waals surface area contributed by atoms with Crippen LogP contribution >= 0.6 is 23.2 Å². The Bertz CT molecular complexity index is 900. The fraction of sp³-hybridized carbons (Fsp3) is 0.188. The molecular weight excluding hydrogens is 371 g/mol. The lowest BCUT2D eigenvalue weighted by molar-refractivity contribution is 0.102. The molecule has 2 aromatic carbocycles. The molecule has 1 heterocycles. The first-order chi connectivity index (χ1) is 11.4. The SMILES string of the molecule is O=C(Nc1cccc(N2CCCS2(=O)=O)c1)c1ccc(Cl)c(Cl)c1. The summed E-state index contributed by atoms with van der Waals surface area (Å²) in [5, 5.41) is 3.40. The van der Waals surface area contributed by atoms with Crippen molar-refractivity contribution in [2.24, 2.45) is 0 Å². The van der Waals surface area contributed by atoms with Gasteiger partial charge >= 0.3 is 0 Å². The van der Waals surface area contributed by atoms with Gasteiger partial charge in [-0.15, -0.1) is 0 Å². The molecule has 0 spiro atoms. The molecule has 2 aromatic rings. The summed E-state index contributed by atoms with van der Waals surface area (Å²) in [5.41, 5.74) is 1.41. The van der Waals surface area contributed by atoms with Crippen molar-refractivity contribution in [2.45, 2.75) is 6.42 Å². The second-order valence-corrected chi connectivity index (χ2v) is 8.20. The molecular formula is C16H14Cl2N2O3S. The van der Waals surface area contributed by atoms with Gasteiger partial charge in [-0.25, -0.2) is 8.42 Å². The van der Waals surface area contributed by atoms with Crippen LogP contribution in [0.4, 0.5) is 11.4 Å². The topological polar surface area (TPSA) is 66.5 Å². The van der Waals surface area contributed by atoms with Crippen molar-refractivity contribution in [3.8, 4) is 0 Å². The molecule has 0 bridgehead atoms. The predicted molar refractivity (Wildman–Crippen MR) is 96.6 cm³/mol. The van der Waals surface area contributed by atoms with E-state index < -0.39 is 10.0 Å². The molecule has 1 fully saturated rings. The molecule has 3 rings (SSSR count). The second kappa shape index (κ2) is 6.63. The summed E-state index contributed by atoms with van der Waals surface area (Å²) >= 11 is 11.8. The van der Waals surface area contributed by atoms with Crippen LogP contribution in [0.3, 0.4) is 0 Å². The first-order valence-electron chi connectivity index (χ1n) is 7.24. The third-order valence-electron chi connectivity index (χ3n) is 3.67. The van der Waals surface area contributed by atoms with Crippen LogP contribution in [0.15, 0.2) is 42.5 Å². The van der Waals surface area contributed by atoms with Gasteiger partial charge in [-0.2, -0.15) is 0 Å². The molecule has 1 saturated heterocycles. The van der Waals surface area contributed by atoms with Gasteiger partial charge in [0.2, 0.25) is 10.0 Å². The molecule has 5 nitrogen and oxygen atoms in total. The highest BCUT2D eigenvalue weighted by atomic mass is 35.5. The maximum absolute atomic E-state index is 12.3. The number of nitrogens with one attached hydrogen (secondary N) is 1. The maximum Gasteiger partial charge on any atom is 0.255 e. The summed E-state index contributed by atoms with van der Waals surface area (Å²) in [5.74, 6) is -0.206. The van der Waals surface area contributed by atoms with Crippen LogP contribution in [0.5, 0.6) is 0 Å². The average molecular weight is 385 g/mol. The Balaban J connectivity index is 1.82. The number of anilines is 2. The van der Waals surface area contributed by atoms with E-state index in [-0.39, 0.29) is 11.7 Å². The number of halogens is 2. The fourth-order valence-electron chi connectivity index (χ4n) is 2.51. The largest absolute Gasteiger partial charge is 0.322 e. The quantitative estimate of drug-likeness (QED) is 0.875. The smallest absolute Gasteiger partial charge is 0.255 e. The Hall–Kier alpha value is -1.76. The minimum absolute atomic E-state index is 0.146. The summed E-state index contributed by atoms with van der Waals surface area (Å²) in [6.45, 7) is 0.451. The molecule has 0 saturated carbocycles. The van der Waals surface area contributed by atoms with Crippen LogP contribution in [-0.2, 0) is 10.0 Å². The van der Waals surface area contributed by atoms with E-state index in [1.54, 1.807) is 36.4 Å². The van der Waals surface area contributed by atoms with Crippen LogP contribution in [0.25, 0.3) is 0 Å². The summed E-state index contributed by atoms with van der Waals surface area (Å²) < 4.78 is 25.4. The van der Waals surface area contributed by atoms with Crippen molar-refractivity contribution in [3.05, 3.63) is 58.1 Å². The first kappa shape index (κ1) is 17.1. The van der Waals surface area contributed by atoms with E-state index in [1.807, 2.05) is 0 Å². The van der Waals surface area contributed by atoms with E-state index in [9.17, 15) is 13.2 Å². The molecule has 24 heavy (non-hydrogen) atoms. The zero-order chi connectivity index (χ0) is 17.3. The summed E-state index contributed by atoms with van der Waals surface area (Å²) in [6, 6.07) is 11.3. The molecule has 1 aliphatic heterocycles. The molecule has 0 aromatic heterocycles. The van der Waals surface area contributed by atoms with Crippen molar-refractivity contribution >= 4 is 50.5 Å². The third kappa shape index (κ3) is 3.50. The van der Waals surface area contributed by atoms with Crippen molar-refractivity contribution < 1.29 is 13.2 Å². The van der Waals surface area contributed by atoms with Crippen LogP contribution in [0, 0.1) is 0 Å². The van der Waals surface area contributed by atoms with Crippen molar-refractivity contribution in [1.29, 1.82) is 0 Å². The lowest BCUT2D eigenvalue weighted by Gasteiger charge is -2.17. The van der Waals surface area contributed by atoms with Gasteiger partial charge < -0.3 is 5.32 Å². The Morgan fingerprint density at radius 2 is 1.88 bits per heavy atom. The highest BCUT2D eigenvalue weighted by molar-refractivity contribution is 7.93. The van der Waals surface area contributed by atoms with Crippen LogP contribution in [0.1, 0.15) is 16.8 Å². The lowest BCUT2D eigenvalue weighted by atomic mass is 10.2. The van der Waals surface area contributed by atoms with E-state index in [1.165, 1.54) is 10.4 Å². The lowest BCUT2D eigenvalue weighted by Crippen LogP contribution is -2.25. The first-order valence-corrected chi connectivity index (χ1v) is 9.60. The molecule has 0 atom stereocenters. The van der Waals surface area contributed by atoms with Gasteiger partial charge in [0.25, 0.3) is 5.91 Å².